The van der Waals surface area contributed by atoms with Crippen LogP contribution in [0.4, 0.5) is 4.79 Å². The van der Waals surface area contributed by atoms with Crippen LogP contribution in [0.3, 0.4) is 0 Å². The van der Waals surface area contributed by atoms with Crippen LogP contribution in [-0.4, -0.2) is 109 Å². The van der Waals surface area contributed by atoms with E-state index in [4.69, 9.17) is 23.7 Å². The summed E-state index contributed by atoms with van der Waals surface area (Å²) in [6.45, 7) is 8.97. The Bertz CT molecular complexity index is 1610. The number of benzene rings is 1. The third kappa shape index (κ3) is 7.70. The number of piperidine rings is 1. The summed E-state index contributed by atoms with van der Waals surface area (Å²) < 4.78 is 28.5. The van der Waals surface area contributed by atoms with E-state index in [-0.39, 0.29) is 37.1 Å². The first-order valence-electron chi connectivity index (χ1n) is 17.9. The van der Waals surface area contributed by atoms with Gasteiger partial charge in [-0.1, -0.05) is 6.07 Å². The van der Waals surface area contributed by atoms with Crippen molar-refractivity contribution < 1.29 is 52.8 Å². The number of likely N-dealkylation sites (tertiary alicyclic amines) is 1. The molecule has 0 radical (unpaired) electrons. The van der Waals surface area contributed by atoms with Crippen molar-refractivity contribution in [1.29, 1.82) is 0 Å². The highest BCUT2D eigenvalue weighted by molar-refractivity contribution is 5.87. The van der Waals surface area contributed by atoms with Gasteiger partial charge in [-0.2, -0.15) is 0 Å². The standard InChI is InChI=1S/C37H52N4O11/c1-21(49-28(43)14-18-38-32(44)24(40-22(2)42)10-8-9-17-39-34(46)52-35(3,4)5)33(45)50-26-13-15-37(47)27-20-23-11-12-25(48-7)30-29(23)36(37,31(26)51-30)16-19-41(27)6/h11-13,21,24,27,31,47H,8-10,14-20H2,1-7H3,(H,38,44)(H,39,46)(H,40,42)/t21-,24-,27?,31-,36-,37-/m0/s1. The van der Waals surface area contributed by atoms with E-state index in [0.29, 0.717) is 56.7 Å². The number of hydrogen-bond acceptors (Lipinski definition) is 12. The number of rotatable bonds is 14. The van der Waals surface area contributed by atoms with Gasteiger partial charge in [-0.25, -0.2) is 9.59 Å². The van der Waals surface area contributed by atoms with Gasteiger partial charge in [0, 0.05) is 38.0 Å². The molecule has 0 saturated carbocycles. The lowest BCUT2D eigenvalue weighted by atomic mass is 9.50. The van der Waals surface area contributed by atoms with Gasteiger partial charge in [0.25, 0.3) is 0 Å². The zero-order chi connectivity index (χ0) is 38.0. The van der Waals surface area contributed by atoms with Crippen molar-refractivity contribution in [3.63, 3.8) is 0 Å². The van der Waals surface area contributed by atoms with Crippen LogP contribution >= 0.6 is 0 Å². The smallest absolute Gasteiger partial charge is 0.407 e. The number of carbonyl (C=O) groups excluding carboxylic acids is 5. The highest BCUT2D eigenvalue weighted by Crippen LogP contribution is 2.65. The van der Waals surface area contributed by atoms with Gasteiger partial charge >= 0.3 is 18.0 Å². The first-order chi connectivity index (χ1) is 24.5. The van der Waals surface area contributed by atoms with E-state index in [1.165, 1.54) is 13.8 Å². The normalized spacial score (nSPS) is 25.3. The predicted molar refractivity (Wildman–Crippen MR) is 186 cm³/mol. The van der Waals surface area contributed by atoms with E-state index >= 15 is 0 Å². The summed E-state index contributed by atoms with van der Waals surface area (Å²) in [5.74, 6) is -1.06. The molecule has 286 valence electrons. The Morgan fingerprint density at radius 2 is 1.87 bits per heavy atom. The minimum absolute atomic E-state index is 0.0874. The molecule has 0 aromatic heterocycles. The van der Waals surface area contributed by atoms with Crippen LogP contribution in [-0.2, 0) is 45.2 Å². The molecular weight excluding hydrogens is 676 g/mol. The lowest BCUT2D eigenvalue weighted by molar-refractivity contribution is -0.175. The van der Waals surface area contributed by atoms with Gasteiger partial charge in [0.2, 0.25) is 11.8 Å². The molecule has 4 aliphatic rings. The Kier molecular flexibility index (Phi) is 11.4. The fourth-order valence-electron chi connectivity index (χ4n) is 7.99. The maximum absolute atomic E-state index is 13.3. The van der Waals surface area contributed by atoms with E-state index in [9.17, 15) is 29.1 Å². The summed E-state index contributed by atoms with van der Waals surface area (Å²) in [5.41, 5.74) is -0.651. The quantitative estimate of drug-likeness (QED) is 0.124. The lowest BCUT2D eigenvalue weighted by Gasteiger charge is -2.61. The Morgan fingerprint density at radius 1 is 1.12 bits per heavy atom. The molecule has 4 N–H and O–H groups in total. The molecule has 5 rings (SSSR count). The van der Waals surface area contributed by atoms with E-state index in [0.717, 1.165) is 11.1 Å². The monoisotopic (exact) mass is 728 g/mol. The van der Waals surface area contributed by atoms with Crippen molar-refractivity contribution in [2.75, 3.05) is 33.8 Å². The third-order valence-corrected chi connectivity index (χ3v) is 10.3. The molecule has 1 aromatic carbocycles. The predicted octanol–water partition coefficient (Wildman–Crippen LogP) is 2.15. The zero-order valence-corrected chi connectivity index (χ0v) is 31.1. The molecule has 1 saturated heterocycles. The first kappa shape index (κ1) is 38.9. The van der Waals surface area contributed by atoms with Gasteiger partial charge in [-0.3, -0.25) is 14.4 Å². The van der Waals surface area contributed by atoms with Crippen molar-refractivity contribution in [2.45, 2.75) is 120 Å². The molecule has 2 aliphatic carbocycles. The van der Waals surface area contributed by atoms with E-state index in [1.54, 1.807) is 34.0 Å². The molecule has 2 aliphatic heterocycles. The zero-order valence-electron chi connectivity index (χ0n) is 31.1. The lowest BCUT2D eigenvalue weighted by Crippen LogP contribution is -2.74. The minimum Gasteiger partial charge on any atom is -0.493 e. The maximum atomic E-state index is 13.3. The van der Waals surface area contributed by atoms with Crippen molar-refractivity contribution in [2.24, 2.45) is 0 Å². The number of likely N-dealkylation sites (N-methyl/N-ethyl adjacent to an activating group) is 1. The topological polar surface area (TPSA) is 191 Å². The second-order valence-electron chi connectivity index (χ2n) is 15.1. The van der Waals surface area contributed by atoms with Crippen molar-refractivity contribution >= 4 is 29.8 Å². The Labute approximate surface area is 304 Å². The van der Waals surface area contributed by atoms with E-state index in [1.807, 2.05) is 19.2 Å². The number of aliphatic hydroxyl groups is 1. The molecule has 1 fully saturated rings. The maximum Gasteiger partial charge on any atom is 0.407 e. The summed E-state index contributed by atoms with van der Waals surface area (Å²) in [7, 11) is 3.57. The number of ether oxygens (including phenoxy) is 5. The minimum atomic E-state index is -1.27. The molecule has 1 aromatic rings. The average molecular weight is 729 g/mol. The van der Waals surface area contributed by atoms with Gasteiger partial charge in [0.15, 0.2) is 23.7 Å². The van der Waals surface area contributed by atoms with Crippen LogP contribution in [0.25, 0.3) is 0 Å². The molecule has 1 spiro atoms. The second-order valence-corrected chi connectivity index (χ2v) is 15.1. The second kappa shape index (κ2) is 15.3. The summed E-state index contributed by atoms with van der Waals surface area (Å²) in [4.78, 5) is 64.5. The number of amides is 3. The molecule has 1 unspecified atom stereocenters. The fraction of sp³-hybridized carbons (Fsp3) is 0.649. The number of hydrogen-bond donors (Lipinski definition) is 4. The molecular formula is C37H52N4O11. The highest BCUT2D eigenvalue weighted by atomic mass is 16.6. The van der Waals surface area contributed by atoms with Crippen molar-refractivity contribution in [1.82, 2.24) is 20.9 Å². The van der Waals surface area contributed by atoms with Gasteiger partial charge in [-0.05, 0) is 91.1 Å². The van der Waals surface area contributed by atoms with Crippen LogP contribution in [0.15, 0.2) is 24.0 Å². The van der Waals surface area contributed by atoms with Crippen molar-refractivity contribution in [3.8, 4) is 11.5 Å². The molecule has 2 bridgehead atoms. The number of esters is 2. The Hall–Kier alpha value is -4.37. The summed E-state index contributed by atoms with van der Waals surface area (Å²) >= 11 is 0. The van der Waals surface area contributed by atoms with Gasteiger partial charge in [0.05, 0.1) is 24.5 Å². The number of nitrogens with zero attached hydrogens (tertiary/aromatic N) is 1. The number of unbranched alkanes of at least 4 members (excludes halogenated alkanes) is 1. The summed E-state index contributed by atoms with van der Waals surface area (Å²) in [6, 6.07) is 2.87. The Balaban J connectivity index is 1.12. The van der Waals surface area contributed by atoms with Crippen molar-refractivity contribution in [3.05, 3.63) is 35.1 Å². The van der Waals surface area contributed by atoms with Crippen LogP contribution in [0, 0.1) is 0 Å². The molecule has 15 nitrogen and oxygen atoms in total. The average Bonchev–Trinajstić information content (AvgIpc) is 3.42. The summed E-state index contributed by atoms with van der Waals surface area (Å²) in [5, 5.41) is 20.2. The summed E-state index contributed by atoms with van der Waals surface area (Å²) in [6.07, 6.45) is 1.74. The molecule has 2 heterocycles. The largest absolute Gasteiger partial charge is 0.493 e. The number of carbonyl (C=O) groups is 5. The first-order valence-corrected chi connectivity index (χ1v) is 17.9. The van der Waals surface area contributed by atoms with Gasteiger partial charge in [-0.15, -0.1) is 0 Å². The van der Waals surface area contributed by atoms with Crippen LogP contribution in [0.5, 0.6) is 11.5 Å². The SMILES string of the molecule is COc1ccc2c3c1O[C@H]1C(OC(=O)[C@H](C)OC(=O)CCNC(=O)[C@H](CCCCNC(=O)OC(C)(C)C)NC(C)=O)=CC[C@]4(O)C(C2)N(C)CC[C@]314. The van der Waals surface area contributed by atoms with Crippen LogP contribution in [0.1, 0.15) is 84.3 Å². The van der Waals surface area contributed by atoms with E-state index < -0.39 is 58.8 Å². The highest BCUT2D eigenvalue weighted by Gasteiger charge is 2.72. The number of alkyl carbamates (subject to hydrolysis) is 1. The fourth-order valence-corrected chi connectivity index (χ4v) is 7.99. The molecule has 3 amide bonds. The van der Waals surface area contributed by atoms with E-state index in [2.05, 4.69) is 20.9 Å². The van der Waals surface area contributed by atoms with Gasteiger partial charge in [0.1, 0.15) is 17.4 Å². The van der Waals surface area contributed by atoms with Gasteiger partial charge < -0.3 is 49.6 Å². The molecule has 52 heavy (non-hydrogen) atoms. The Morgan fingerprint density at radius 3 is 2.56 bits per heavy atom. The van der Waals surface area contributed by atoms with Crippen LogP contribution < -0.4 is 25.4 Å². The number of nitrogens with one attached hydrogen (secondary N) is 3. The third-order valence-electron chi connectivity index (χ3n) is 10.3. The van der Waals surface area contributed by atoms with Crippen LogP contribution in [0.2, 0.25) is 0 Å². The number of methoxy groups -OCH3 is 1. The molecule has 15 heteroatoms. The molecule has 6 atom stereocenters.